The molecule has 0 fully saturated rings. The van der Waals surface area contributed by atoms with Crippen molar-refractivity contribution in [1.29, 1.82) is 0 Å². The van der Waals surface area contributed by atoms with Gasteiger partial charge in [-0.05, 0) is 30.3 Å². The minimum Gasteiger partial charge on any atom is -0.320 e. The highest BCUT2D eigenvalue weighted by Crippen LogP contribution is 2.19. The molecule has 1 aromatic carbocycles. The van der Waals surface area contributed by atoms with Crippen molar-refractivity contribution in [3.8, 4) is 5.69 Å². The predicted octanol–water partition coefficient (Wildman–Crippen LogP) is 2.26. The number of nitrogens with zero attached hydrogens (tertiary/aromatic N) is 3. The van der Waals surface area contributed by atoms with E-state index in [9.17, 15) is 9.00 Å². The molecule has 23 heavy (non-hydrogen) atoms. The van der Waals surface area contributed by atoms with Crippen LogP contribution in [-0.2, 0) is 10.8 Å². The first-order valence-electron chi connectivity index (χ1n) is 6.85. The van der Waals surface area contributed by atoms with E-state index in [4.69, 9.17) is 0 Å². The zero-order valence-corrected chi connectivity index (χ0v) is 13.2. The van der Waals surface area contributed by atoms with Gasteiger partial charge in [-0.25, -0.2) is 4.68 Å². The summed E-state index contributed by atoms with van der Waals surface area (Å²) >= 11 is 0. The number of para-hydroxylation sites is 1. The molecule has 1 unspecified atom stereocenters. The lowest BCUT2D eigenvalue weighted by atomic mass is 10.2. The quantitative estimate of drug-likeness (QED) is 0.798. The van der Waals surface area contributed by atoms with Crippen LogP contribution in [0.4, 0.5) is 5.69 Å². The van der Waals surface area contributed by atoms with Gasteiger partial charge in [0, 0.05) is 24.8 Å². The number of amides is 1. The Hall–Kier alpha value is -2.80. The van der Waals surface area contributed by atoms with Gasteiger partial charge in [0.25, 0.3) is 5.91 Å². The van der Waals surface area contributed by atoms with Crippen LogP contribution in [0, 0.1) is 0 Å². The lowest BCUT2D eigenvalue weighted by Gasteiger charge is -2.09. The first-order chi connectivity index (χ1) is 11.1. The van der Waals surface area contributed by atoms with Crippen LogP contribution in [0.2, 0.25) is 0 Å². The van der Waals surface area contributed by atoms with Crippen molar-refractivity contribution in [2.24, 2.45) is 0 Å². The van der Waals surface area contributed by atoms with E-state index in [1.165, 1.54) is 0 Å². The highest BCUT2D eigenvalue weighted by atomic mass is 32.2. The molecule has 0 aliphatic carbocycles. The molecule has 6 nitrogen and oxygen atoms in total. The van der Waals surface area contributed by atoms with Crippen LogP contribution in [0.25, 0.3) is 5.69 Å². The second kappa shape index (κ2) is 6.53. The second-order valence-electron chi connectivity index (χ2n) is 4.75. The molecule has 0 aliphatic rings. The van der Waals surface area contributed by atoms with Gasteiger partial charge in [-0.2, -0.15) is 5.10 Å². The van der Waals surface area contributed by atoms with Crippen molar-refractivity contribution in [2.75, 3.05) is 11.6 Å². The number of pyridine rings is 1. The molecule has 0 aliphatic heterocycles. The monoisotopic (exact) mass is 326 g/mol. The number of carbonyl (C=O) groups excluding carboxylic acids is 1. The number of rotatable bonds is 4. The molecule has 2 heterocycles. The Labute approximate surface area is 135 Å². The third-order valence-electron chi connectivity index (χ3n) is 3.19. The Morgan fingerprint density at radius 1 is 1.17 bits per heavy atom. The van der Waals surface area contributed by atoms with Crippen LogP contribution in [0.15, 0.2) is 66.0 Å². The number of nitrogens with one attached hydrogen (secondary N) is 1. The Balaban J connectivity index is 1.87. The number of aromatic nitrogens is 3. The van der Waals surface area contributed by atoms with Crippen molar-refractivity contribution >= 4 is 22.4 Å². The standard InChI is InChI=1S/C16H14N4O2S/c1-23(22)15-6-3-2-5-13(15)19-16(21)14-11-12(7-9-17-14)20-10-4-8-18-20/h2-11H,1H3,(H,19,21). The first kappa shape index (κ1) is 15.1. The first-order valence-corrected chi connectivity index (χ1v) is 8.41. The maximum Gasteiger partial charge on any atom is 0.274 e. The van der Waals surface area contributed by atoms with Crippen molar-refractivity contribution in [3.05, 3.63) is 66.7 Å². The average Bonchev–Trinajstić information content (AvgIpc) is 3.10. The van der Waals surface area contributed by atoms with Crippen LogP contribution < -0.4 is 5.32 Å². The molecule has 1 N–H and O–H groups in total. The Kier molecular flexibility index (Phi) is 4.29. The van der Waals surface area contributed by atoms with Crippen molar-refractivity contribution < 1.29 is 9.00 Å². The largest absolute Gasteiger partial charge is 0.320 e. The number of hydrogen-bond acceptors (Lipinski definition) is 4. The summed E-state index contributed by atoms with van der Waals surface area (Å²) in [7, 11) is -1.19. The zero-order valence-electron chi connectivity index (χ0n) is 12.3. The summed E-state index contributed by atoms with van der Waals surface area (Å²) in [6, 6.07) is 12.2. The van der Waals surface area contributed by atoms with Crippen LogP contribution in [-0.4, -0.2) is 31.1 Å². The molecule has 116 valence electrons. The van der Waals surface area contributed by atoms with E-state index in [1.807, 2.05) is 0 Å². The van der Waals surface area contributed by atoms with E-state index in [0.29, 0.717) is 10.6 Å². The molecule has 0 radical (unpaired) electrons. The van der Waals surface area contributed by atoms with Crippen LogP contribution >= 0.6 is 0 Å². The summed E-state index contributed by atoms with van der Waals surface area (Å²) < 4.78 is 13.4. The fraction of sp³-hybridized carbons (Fsp3) is 0.0625. The minimum absolute atomic E-state index is 0.259. The molecule has 7 heteroatoms. The summed E-state index contributed by atoms with van der Waals surface area (Å²) in [6.07, 6.45) is 6.57. The molecule has 3 rings (SSSR count). The number of anilines is 1. The molecule has 1 atom stereocenters. The van der Waals surface area contributed by atoms with Crippen molar-refractivity contribution in [2.45, 2.75) is 4.90 Å². The van der Waals surface area contributed by atoms with Crippen molar-refractivity contribution in [1.82, 2.24) is 14.8 Å². The summed E-state index contributed by atoms with van der Waals surface area (Å²) in [5.74, 6) is -0.364. The Morgan fingerprint density at radius 2 is 2.00 bits per heavy atom. The second-order valence-corrected chi connectivity index (χ2v) is 6.10. The zero-order chi connectivity index (χ0) is 16.2. The third-order valence-corrected chi connectivity index (χ3v) is 4.17. The SMILES string of the molecule is CS(=O)c1ccccc1NC(=O)c1cc(-n2cccn2)ccn1. The smallest absolute Gasteiger partial charge is 0.274 e. The number of benzene rings is 1. The van der Waals surface area contributed by atoms with E-state index in [1.54, 1.807) is 72.0 Å². The number of hydrogen-bond donors (Lipinski definition) is 1. The highest BCUT2D eigenvalue weighted by molar-refractivity contribution is 7.84. The van der Waals surface area contributed by atoms with Crippen LogP contribution in [0.3, 0.4) is 0 Å². The van der Waals surface area contributed by atoms with Gasteiger partial charge >= 0.3 is 0 Å². The summed E-state index contributed by atoms with van der Waals surface area (Å²) in [4.78, 5) is 17.1. The normalized spacial score (nSPS) is 11.9. The van der Waals surface area contributed by atoms with Gasteiger partial charge in [0.15, 0.2) is 0 Å². The summed E-state index contributed by atoms with van der Waals surface area (Å²) in [5, 5.41) is 6.88. The fourth-order valence-corrected chi connectivity index (χ4v) is 2.81. The van der Waals surface area contributed by atoms with Gasteiger partial charge in [-0.1, -0.05) is 12.1 Å². The summed E-state index contributed by atoms with van der Waals surface area (Å²) in [5.41, 5.74) is 1.52. The predicted molar refractivity (Wildman–Crippen MR) is 88.1 cm³/mol. The van der Waals surface area contributed by atoms with E-state index in [-0.39, 0.29) is 11.6 Å². The Morgan fingerprint density at radius 3 is 2.74 bits per heavy atom. The van der Waals surface area contributed by atoms with Gasteiger partial charge in [0.1, 0.15) is 5.69 Å². The average molecular weight is 326 g/mol. The lowest BCUT2D eigenvalue weighted by molar-refractivity contribution is 0.102. The maximum atomic E-state index is 12.4. The molecule has 3 aromatic rings. The molecule has 0 saturated carbocycles. The molecule has 2 aromatic heterocycles. The lowest BCUT2D eigenvalue weighted by Crippen LogP contribution is -2.15. The fourth-order valence-electron chi connectivity index (χ4n) is 2.11. The third kappa shape index (κ3) is 3.35. The van der Waals surface area contributed by atoms with E-state index >= 15 is 0 Å². The maximum absolute atomic E-state index is 12.4. The van der Waals surface area contributed by atoms with Crippen LogP contribution in [0.1, 0.15) is 10.5 Å². The molecule has 0 saturated heterocycles. The highest BCUT2D eigenvalue weighted by Gasteiger charge is 2.12. The molecule has 0 bridgehead atoms. The minimum atomic E-state index is -1.19. The summed E-state index contributed by atoms with van der Waals surface area (Å²) in [6.45, 7) is 0. The van der Waals surface area contributed by atoms with Crippen LogP contribution in [0.5, 0.6) is 0 Å². The molecular formula is C16H14N4O2S. The van der Waals surface area contributed by atoms with E-state index in [0.717, 1.165) is 5.69 Å². The van der Waals surface area contributed by atoms with Crippen molar-refractivity contribution in [3.63, 3.8) is 0 Å². The van der Waals surface area contributed by atoms with E-state index < -0.39 is 10.8 Å². The Bertz CT molecular complexity index is 862. The topological polar surface area (TPSA) is 76.9 Å². The van der Waals surface area contributed by atoms with Gasteiger partial charge in [-0.15, -0.1) is 0 Å². The molecular weight excluding hydrogens is 312 g/mol. The van der Waals surface area contributed by atoms with Gasteiger partial charge in [0.05, 0.1) is 27.1 Å². The van der Waals surface area contributed by atoms with E-state index in [2.05, 4.69) is 15.4 Å². The molecule has 1 amide bonds. The molecule has 0 spiro atoms. The van der Waals surface area contributed by atoms with Gasteiger partial charge < -0.3 is 5.32 Å². The van der Waals surface area contributed by atoms with Gasteiger partial charge in [0.2, 0.25) is 0 Å². The van der Waals surface area contributed by atoms with Gasteiger partial charge in [-0.3, -0.25) is 14.0 Å². The number of carbonyl (C=O) groups is 1.